The SMILES string of the molecule is NC1(c2ccc(C3N=C4C=CC(Cl)=NN4C3c3ccccc3)cc2)CCC1. The van der Waals surface area contributed by atoms with Crippen LogP contribution in [0.5, 0.6) is 0 Å². The summed E-state index contributed by atoms with van der Waals surface area (Å²) in [5.74, 6) is 0.844. The molecular weight excluding hydrogens is 356 g/mol. The zero-order valence-electron chi connectivity index (χ0n) is 14.9. The van der Waals surface area contributed by atoms with Gasteiger partial charge in [-0.3, -0.25) is 4.99 Å². The monoisotopic (exact) mass is 376 g/mol. The molecule has 5 heteroatoms. The molecule has 1 fully saturated rings. The van der Waals surface area contributed by atoms with E-state index in [1.165, 1.54) is 17.5 Å². The Bertz CT molecular complexity index is 942. The van der Waals surface area contributed by atoms with Crippen LogP contribution < -0.4 is 5.73 Å². The number of allylic oxidation sites excluding steroid dienone is 1. The highest BCUT2D eigenvalue weighted by Gasteiger charge is 2.39. The van der Waals surface area contributed by atoms with Crippen LogP contribution in [0.3, 0.4) is 0 Å². The van der Waals surface area contributed by atoms with Crippen LogP contribution >= 0.6 is 11.6 Å². The molecule has 1 aliphatic carbocycles. The molecule has 2 unspecified atom stereocenters. The fourth-order valence-corrected chi connectivity index (χ4v) is 4.29. The van der Waals surface area contributed by atoms with Crippen LogP contribution in [0, 0.1) is 0 Å². The summed E-state index contributed by atoms with van der Waals surface area (Å²) in [6, 6.07) is 19.0. The fraction of sp³-hybridized carbons (Fsp3) is 0.273. The molecule has 1 saturated carbocycles. The second-order valence-electron chi connectivity index (χ2n) is 7.52. The largest absolute Gasteiger partial charge is 0.321 e. The van der Waals surface area contributed by atoms with Crippen LogP contribution in [-0.4, -0.2) is 16.0 Å². The number of aliphatic imine (C=N–C) groups is 1. The maximum absolute atomic E-state index is 6.48. The standard InChI is InChI=1S/C22H21ClN4/c23-18-11-12-19-25-20(21(27(19)26-18)16-5-2-1-3-6-16)15-7-9-17(10-8-15)22(24)13-4-14-22/h1-3,5-12,20-21H,4,13-14,24H2. The number of benzene rings is 2. The highest BCUT2D eigenvalue weighted by molar-refractivity contribution is 6.68. The molecule has 2 atom stereocenters. The van der Waals surface area contributed by atoms with Crippen molar-refractivity contribution >= 4 is 22.6 Å². The fourth-order valence-electron chi connectivity index (χ4n) is 4.15. The van der Waals surface area contributed by atoms with Crippen molar-refractivity contribution in [3.05, 3.63) is 83.4 Å². The second-order valence-corrected chi connectivity index (χ2v) is 7.91. The van der Waals surface area contributed by atoms with E-state index in [1.807, 2.05) is 29.3 Å². The number of nitrogens with two attached hydrogens (primary N) is 1. The van der Waals surface area contributed by atoms with Crippen molar-refractivity contribution in [2.75, 3.05) is 0 Å². The minimum absolute atomic E-state index is 0.0127. The summed E-state index contributed by atoms with van der Waals surface area (Å²) in [6.07, 6.45) is 7.07. The van der Waals surface area contributed by atoms with Crippen LogP contribution in [-0.2, 0) is 5.54 Å². The zero-order chi connectivity index (χ0) is 18.4. The molecular formula is C22H21ClN4. The van der Waals surface area contributed by atoms with Gasteiger partial charge in [0.15, 0.2) is 0 Å². The molecule has 2 N–H and O–H groups in total. The average Bonchev–Trinajstić information content (AvgIpc) is 3.05. The summed E-state index contributed by atoms with van der Waals surface area (Å²) in [4.78, 5) is 4.96. The van der Waals surface area contributed by atoms with Gasteiger partial charge in [0, 0.05) is 5.54 Å². The highest BCUT2D eigenvalue weighted by Crippen LogP contribution is 2.44. The van der Waals surface area contributed by atoms with Crippen molar-refractivity contribution in [3.63, 3.8) is 0 Å². The first-order valence-corrected chi connectivity index (χ1v) is 9.75. The van der Waals surface area contributed by atoms with Crippen LogP contribution in [0.4, 0.5) is 0 Å². The Hall–Kier alpha value is -2.43. The van der Waals surface area contributed by atoms with Gasteiger partial charge in [-0.05, 0) is 48.1 Å². The average molecular weight is 377 g/mol. The van der Waals surface area contributed by atoms with Crippen LogP contribution in [0.2, 0.25) is 0 Å². The summed E-state index contributed by atoms with van der Waals surface area (Å²) < 4.78 is 0. The lowest BCUT2D eigenvalue weighted by Crippen LogP contribution is -2.43. The molecule has 136 valence electrons. The molecule has 2 aromatic carbocycles. The number of nitrogens with zero attached hydrogens (tertiary/aromatic N) is 3. The van der Waals surface area contributed by atoms with Crippen LogP contribution in [0.25, 0.3) is 0 Å². The zero-order valence-corrected chi connectivity index (χ0v) is 15.7. The lowest BCUT2D eigenvalue weighted by molar-refractivity contribution is 0.253. The minimum Gasteiger partial charge on any atom is -0.321 e. The van der Waals surface area contributed by atoms with Gasteiger partial charge in [0.25, 0.3) is 0 Å². The molecule has 3 aliphatic rings. The molecule has 5 rings (SSSR count). The molecule has 0 spiro atoms. The van der Waals surface area contributed by atoms with Crippen molar-refractivity contribution in [3.8, 4) is 0 Å². The van der Waals surface area contributed by atoms with Crippen molar-refractivity contribution in [2.24, 2.45) is 15.8 Å². The first-order chi connectivity index (χ1) is 13.1. The maximum Gasteiger partial charge on any atom is 0.149 e. The molecule has 0 amide bonds. The van der Waals surface area contributed by atoms with Crippen LogP contribution in [0.1, 0.15) is 48.0 Å². The van der Waals surface area contributed by atoms with Gasteiger partial charge < -0.3 is 5.73 Å². The van der Waals surface area contributed by atoms with Crippen molar-refractivity contribution in [1.82, 2.24) is 5.01 Å². The Balaban J connectivity index is 1.53. The van der Waals surface area contributed by atoms with E-state index in [-0.39, 0.29) is 17.6 Å². The molecule has 2 aliphatic heterocycles. The molecule has 0 aromatic heterocycles. The normalized spacial score (nSPS) is 25.5. The van der Waals surface area contributed by atoms with Gasteiger partial charge >= 0.3 is 0 Å². The summed E-state index contributed by atoms with van der Waals surface area (Å²) in [5, 5.41) is 6.95. The van der Waals surface area contributed by atoms with E-state index in [9.17, 15) is 0 Å². The van der Waals surface area contributed by atoms with Crippen molar-refractivity contribution in [1.29, 1.82) is 0 Å². The van der Waals surface area contributed by atoms with Gasteiger partial charge in [-0.1, -0.05) is 66.2 Å². The topological polar surface area (TPSA) is 54.0 Å². The van der Waals surface area contributed by atoms with E-state index in [2.05, 4.69) is 41.5 Å². The van der Waals surface area contributed by atoms with E-state index >= 15 is 0 Å². The molecule has 2 heterocycles. The third-order valence-corrected chi connectivity index (χ3v) is 6.06. The Morgan fingerprint density at radius 3 is 2.37 bits per heavy atom. The second kappa shape index (κ2) is 6.32. The first kappa shape index (κ1) is 16.7. The Morgan fingerprint density at radius 2 is 1.70 bits per heavy atom. The number of fused-ring (bicyclic) bond motifs is 1. The number of halogens is 1. The molecule has 27 heavy (non-hydrogen) atoms. The van der Waals surface area contributed by atoms with E-state index < -0.39 is 0 Å². The number of rotatable bonds is 3. The summed E-state index contributed by atoms with van der Waals surface area (Å²) in [7, 11) is 0. The van der Waals surface area contributed by atoms with E-state index in [0.717, 1.165) is 24.2 Å². The van der Waals surface area contributed by atoms with E-state index in [1.54, 1.807) is 6.08 Å². The lowest BCUT2D eigenvalue weighted by Gasteiger charge is -2.38. The summed E-state index contributed by atoms with van der Waals surface area (Å²) >= 11 is 6.18. The first-order valence-electron chi connectivity index (χ1n) is 9.38. The third-order valence-electron chi connectivity index (χ3n) is 5.86. The van der Waals surface area contributed by atoms with Gasteiger partial charge in [0.05, 0.1) is 0 Å². The molecule has 0 saturated heterocycles. The lowest BCUT2D eigenvalue weighted by atomic mass is 9.72. The van der Waals surface area contributed by atoms with Gasteiger partial charge in [0.1, 0.15) is 23.1 Å². The highest BCUT2D eigenvalue weighted by atomic mass is 35.5. The smallest absolute Gasteiger partial charge is 0.149 e. The van der Waals surface area contributed by atoms with Gasteiger partial charge in [-0.25, -0.2) is 5.01 Å². The Morgan fingerprint density at radius 1 is 0.963 bits per heavy atom. The molecule has 0 radical (unpaired) electrons. The quantitative estimate of drug-likeness (QED) is 0.848. The minimum atomic E-state index is -0.142. The maximum atomic E-state index is 6.48. The van der Waals surface area contributed by atoms with Crippen molar-refractivity contribution < 1.29 is 0 Å². The Kier molecular flexibility index (Phi) is 3.92. The van der Waals surface area contributed by atoms with Crippen molar-refractivity contribution in [2.45, 2.75) is 36.9 Å². The summed E-state index contributed by atoms with van der Waals surface area (Å²) in [5.41, 5.74) is 9.89. The molecule has 2 aromatic rings. The number of hydrazone groups is 1. The predicted molar refractivity (Wildman–Crippen MR) is 110 cm³/mol. The van der Waals surface area contributed by atoms with E-state index in [4.69, 9.17) is 22.3 Å². The van der Waals surface area contributed by atoms with Crippen LogP contribution in [0.15, 0.2) is 76.8 Å². The van der Waals surface area contributed by atoms with Gasteiger partial charge in [0.2, 0.25) is 0 Å². The third kappa shape index (κ3) is 2.80. The number of amidine groups is 1. The van der Waals surface area contributed by atoms with Gasteiger partial charge in [-0.15, -0.1) is 0 Å². The van der Waals surface area contributed by atoms with E-state index in [0.29, 0.717) is 5.17 Å². The molecule has 4 nitrogen and oxygen atoms in total. The molecule has 0 bridgehead atoms. The Labute approximate surface area is 164 Å². The number of hydrogen-bond donors (Lipinski definition) is 1. The van der Waals surface area contributed by atoms with Gasteiger partial charge in [-0.2, -0.15) is 5.10 Å². The number of hydrogen-bond acceptors (Lipinski definition) is 4. The predicted octanol–water partition coefficient (Wildman–Crippen LogP) is 4.64. The summed E-state index contributed by atoms with van der Waals surface area (Å²) in [6.45, 7) is 0.